The summed E-state index contributed by atoms with van der Waals surface area (Å²) >= 11 is 14.2. The maximum Gasteiger partial charge on any atom is 0.325 e. The number of rotatable bonds is 7. The van der Waals surface area contributed by atoms with Gasteiger partial charge in [-0.1, -0.05) is 41.4 Å². The van der Waals surface area contributed by atoms with Gasteiger partial charge in [-0.15, -0.1) is 0 Å². The van der Waals surface area contributed by atoms with Crippen molar-refractivity contribution in [3.63, 3.8) is 0 Å². The lowest BCUT2D eigenvalue weighted by Gasteiger charge is -2.35. The van der Waals surface area contributed by atoms with Crippen LogP contribution in [0.15, 0.2) is 59.3 Å². The van der Waals surface area contributed by atoms with Crippen molar-refractivity contribution in [2.24, 2.45) is 5.92 Å². The standard InChI is InChI=1S/C28H29Cl2FN2O2S/c29-22-3-6-24(26(30)13-22)27(28(34)35)33-15-21(25(16-33)20-9-12-36-17-20)14-32-10-7-19(8-11-32)18-1-4-23(31)5-2-18/h1-6,9,12-13,17,19,21,25,27H,7-8,10-11,14-16H2,(H,34,35). The van der Waals surface area contributed by atoms with Crippen molar-refractivity contribution in [1.82, 2.24) is 9.80 Å². The highest BCUT2D eigenvalue weighted by Gasteiger charge is 2.41. The molecule has 1 aromatic heterocycles. The third-order valence-corrected chi connectivity index (χ3v) is 8.98. The summed E-state index contributed by atoms with van der Waals surface area (Å²) in [6.07, 6.45) is 2.09. The van der Waals surface area contributed by atoms with Gasteiger partial charge in [0.2, 0.25) is 0 Å². The van der Waals surface area contributed by atoms with Crippen molar-refractivity contribution in [2.75, 3.05) is 32.7 Å². The van der Waals surface area contributed by atoms with E-state index in [4.69, 9.17) is 23.2 Å². The van der Waals surface area contributed by atoms with E-state index in [-0.39, 0.29) is 11.7 Å². The van der Waals surface area contributed by atoms with E-state index in [0.29, 0.717) is 40.5 Å². The van der Waals surface area contributed by atoms with Gasteiger partial charge in [-0.3, -0.25) is 9.69 Å². The van der Waals surface area contributed by atoms with Crippen LogP contribution in [-0.2, 0) is 4.79 Å². The number of aliphatic carboxylic acids is 1. The van der Waals surface area contributed by atoms with E-state index < -0.39 is 12.0 Å². The zero-order valence-electron chi connectivity index (χ0n) is 19.8. The van der Waals surface area contributed by atoms with Crippen LogP contribution in [0.2, 0.25) is 10.0 Å². The van der Waals surface area contributed by atoms with E-state index in [1.54, 1.807) is 41.7 Å². The number of carbonyl (C=O) groups is 1. The van der Waals surface area contributed by atoms with Gasteiger partial charge in [-0.05, 0) is 95.5 Å². The molecule has 2 aliphatic heterocycles. The first-order valence-corrected chi connectivity index (χ1v) is 14.0. The number of halogens is 3. The van der Waals surface area contributed by atoms with E-state index >= 15 is 0 Å². The smallest absolute Gasteiger partial charge is 0.325 e. The van der Waals surface area contributed by atoms with Crippen LogP contribution >= 0.6 is 34.5 Å². The fraction of sp³-hybridized carbons (Fsp3) is 0.393. The molecule has 4 nitrogen and oxygen atoms in total. The lowest BCUT2D eigenvalue weighted by Crippen LogP contribution is -2.38. The monoisotopic (exact) mass is 546 g/mol. The molecular formula is C28H29Cl2FN2O2S. The first-order valence-electron chi connectivity index (χ1n) is 12.3. The molecular weight excluding hydrogens is 518 g/mol. The summed E-state index contributed by atoms with van der Waals surface area (Å²) in [5.41, 5.74) is 3.07. The van der Waals surface area contributed by atoms with Crippen molar-refractivity contribution in [3.05, 3.63) is 91.8 Å². The maximum atomic E-state index is 13.3. The molecule has 3 unspecified atom stereocenters. The minimum absolute atomic E-state index is 0.194. The molecule has 0 radical (unpaired) electrons. The highest BCUT2D eigenvalue weighted by Crippen LogP contribution is 2.41. The van der Waals surface area contributed by atoms with E-state index in [1.807, 2.05) is 12.1 Å². The van der Waals surface area contributed by atoms with E-state index in [2.05, 4.69) is 26.6 Å². The van der Waals surface area contributed by atoms with Crippen molar-refractivity contribution in [1.29, 1.82) is 0 Å². The Morgan fingerprint density at radius 1 is 1.06 bits per heavy atom. The van der Waals surface area contributed by atoms with Crippen molar-refractivity contribution >= 4 is 40.5 Å². The van der Waals surface area contributed by atoms with Gasteiger partial charge >= 0.3 is 5.97 Å². The molecule has 3 aromatic rings. The van der Waals surface area contributed by atoms with Crippen LogP contribution < -0.4 is 0 Å². The molecule has 3 heterocycles. The minimum Gasteiger partial charge on any atom is -0.480 e. The predicted molar refractivity (Wildman–Crippen MR) is 144 cm³/mol. The summed E-state index contributed by atoms with van der Waals surface area (Å²) < 4.78 is 13.3. The number of thiophene rings is 1. The quantitative estimate of drug-likeness (QED) is 0.349. The Morgan fingerprint density at radius 3 is 2.44 bits per heavy atom. The second-order valence-electron chi connectivity index (χ2n) is 9.91. The summed E-state index contributed by atoms with van der Waals surface area (Å²) in [6.45, 7) is 4.26. The lowest BCUT2D eigenvalue weighted by molar-refractivity contribution is -0.143. The number of benzene rings is 2. The Labute approximate surface area is 225 Å². The summed E-state index contributed by atoms with van der Waals surface area (Å²) in [5, 5.41) is 15.3. The summed E-state index contributed by atoms with van der Waals surface area (Å²) in [6, 6.07) is 13.3. The largest absolute Gasteiger partial charge is 0.480 e. The number of hydrogen-bond acceptors (Lipinski definition) is 4. The van der Waals surface area contributed by atoms with E-state index in [9.17, 15) is 14.3 Å². The molecule has 2 aliphatic rings. The molecule has 3 atom stereocenters. The van der Waals surface area contributed by atoms with Crippen LogP contribution in [0.3, 0.4) is 0 Å². The molecule has 2 saturated heterocycles. The van der Waals surface area contributed by atoms with Gasteiger partial charge in [0.1, 0.15) is 11.9 Å². The fourth-order valence-corrected chi connectivity index (χ4v) is 7.13. The lowest BCUT2D eigenvalue weighted by atomic mass is 9.87. The van der Waals surface area contributed by atoms with E-state index in [0.717, 1.165) is 32.5 Å². The molecule has 2 fully saturated rings. The molecule has 0 saturated carbocycles. The van der Waals surface area contributed by atoms with Crippen LogP contribution in [0.25, 0.3) is 0 Å². The number of piperidine rings is 1. The third kappa shape index (κ3) is 5.63. The molecule has 5 rings (SSSR count). The summed E-state index contributed by atoms with van der Waals surface area (Å²) in [5.74, 6) is -0.0584. The first-order chi connectivity index (χ1) is 17.4. The average molecular weight is 548 g/mol. The van der Waals surface area contributed by atoms with Crippen molar-refractivity contribution in [2.45, 2.75) is 30.7 Å². The molecule has 0 spiro atoms. The van der Waals surface area contributed by atoms with Crippen molar-refractivity contribution in [3.8, 4) is 0 Å². The number of likely N-dealkylation sites (tertiary alicyclic amines) is 2. The van der Waals surface area contributed by atoms with Crippen molar-refractivity contribution < 1.29 is 14.3 Å². The number of carboxylic acid groups (broad SMARTS) is 1. The Hall–Kier alpha value is -1.96. The number of carboxylic acids is 1. The molecule has 0 bridgehead atoms. The zero-order chi connectivity index (χ0) is 25.2. The van der Waals surface area contributed by atoms with Gasteiger partial charge in [0.05, 0.1) is 0 Å². The SMILES string of the molecule is O=C(O)C(c1ccc(Cl)cc1Cl)N1CC(CN2CCC(c3ccc(F)cc3)CC2)C(c2ccsc2)C1. The highest BCUT2D eigenvalue weighted by atomic mass is 35.5. The van der Waals surface area contributed by atoms with Gasteiger partial charge in [0.25, 0.3) is 0 Å². The Kier molecular flexibility index (Phi) is 7.99. The fourth-order valence-electron chi connectivity index (χ4n) is 5.89. The van der Waals surface area contributed by atoms with Crippen LogP contribution in [0.4, 0.5) is 4.39 Å². The molecule has 0 amide bonds. The first kappa shape index (κ1) is 25.7. The topological polar surface area (TPSA) is 43.8 Å². The van der Waals surface area contributed by atoms with Crippen LogP contribution in [0, 0.1) is 11.7 Å². The van der Waals surface area contributed by atoms with Crippen LogP contribution in [-0.4, -0.2) is 53.6 Å². The molecule has 1 N–H and O–H groups in total. The zero-order valence-corrected chi connectivity index (χ0v) is 22.2. The number of nitrogens with zero attached hydrogens (tertiary/aromatic N) is 2. The summed E-state index contributed by atoms with van der Waals surface area (Å²) in [7, 11) is 0. The Bertz CT molecular complexity index is 1180. The van der Waals surface area contributed by atoms with Crippen LogP contribution in [0.1, 0.15) is 47.4 Å². The second kappa shape index (κ2) is 11.2. The van der Waals surface area contributed by atoms with E-state index in [1.165, 1.54) is 11.1 Å². The van der Waals surface area contributed by atoms with Gasteiger partial charge < -0.3 is 10.0 Å². The van der Waals surface area contributed by atoms with Gasteiger partial charge in [0.15, 0.2) is 0 Å². The highest BCUT2D eigenvalue weighted by molar-refractivity contribution is 7.08. The normalized spacial score (nSPS) is 22.6. The minimum atomic E-state index is -0.899. The van der Waals surface area contributed by atoms with Gasteiger partial charge in [-0.2, -0.15) is 11.3 Å². The summed E-state index contributed by atoms with van der Waals surface area (Å²) in [4.78, 5) is 17.0. The number of hydrogen-bond donors (Lipinski definition) is 1. The molecule has 36 heavy (non-hydrogen) atoms. The van der Waals surface area contributed by atoms with Crippen LogP contribution in [0.5, 0.6) is 0 Å². The third-order valence-electron chi connectivity index (χ3n) is 7.72. The maximum absolute atomic E-state index is 13.3. The second-order valence-corrected chi connectivity index (χ2v) is 11.5. The predicted octanol–water partition coefficient (Wildman–Crippen LogP) is 6.91. The molecule has 190 valence electrons. The Morgan fingerprint density at radius 2 is 1.81 bits per heavy atom. The van der Waals surface area contributed by atoms with Gasteiger partial charge in [0, 0.05) is 35.6 Å². The average Bonchev–Trinajstić information content (AvgIpc) is 3.52. The molecule has 0 aliphatic carbocycles. The Balaban J connectivity index is 1.31. The van der Waals surface area contributed by atoms with Gasteiger partial charge in [-0.25, -0.2) is 4.39 Å². The molecule has 8 heteroatoms. The molecule has 2 aromatic carbocycles.